The molecule has 0 aromatic rings. The predicted octanol–water partition coefficient (Wildman–Crippen LogP) is 0.452. The highest BCUT2D eigenvalue weighted by Crippen LogP contribution is 2.28. The van der Waals surface area contributed by atoms with Crippen molar-refractivity contribution in [2.75, 3.05) is 19.6 Å². The third kappa shape index (κ3) is 2.52. The number of carbonyl (C=O) groups is 2. The standard InChI is InChI=1S/C11H20N2O3/c1-3-6-12-8-9(14)13-7-4-5-11(13,2)10(15)16/h12H,3-8H2,1-2H3,(H,15,16). The summed E-state index contributed by atoms with van der Waals surface area (Å²) in [5, 5.41) is 12.2. The van der Waals surface area contributed by atoms with Gasteiger partial charge in [-0.05, 0) is 32.7 Å². The van der Waals surface area contributed by atoms with Crippen molar-refractivity contribution in [1.82, 2.24) is 10.2 Å². The van der Waals surface area contributed by atoms with E-state index in [2.05, 4.69) is 5.32 Å². The van der Waals surface area contributed by atoms with Crippen molar-refractivity contribution in [2.45, 2.75) is 38.6 Å². The van der Waals surface area contributed by atoms with E-state index in [1.807, 2.05) is 6.92 Å². The SMILES string of the molecule is CCCNCC(=O)N1CCCC1(C)C(=O)O. The lowest BCUT2D eigenvalue weighted by molar-refractivity contribution is -0.154. The van der Waals surface area contributed by atoms with E-state index in [-0.39, 0.29) is 12.5 Å². The molecule has 1 unspecified atom stereocenters. The van der Waals surface area contributed by atoms with E-state index in [0.29, 0.717) is 13.0 Å². The molecule has 0 aromatic carbocycles. The zero-order chi connectivity index (χ0) is 12.2. The number of likely N-dealkylation sites (tertiary alicyclic amines) is 1. The van der Waals surface area contributed by atoms with Crippen molar-refractivity contribution < 1.29 is 14.7 Å². The zero-order valence-electron chi connectivity index (χ0n) is 9.95. The van der Waals surface area contributed by atoms with Crippen LogP contribution < -0.4 is 5.32 Å². The molecule has 0 aliphatic carbocycles. The molecule has 1 aliphatic rings. The molecule has 1 atom stereocenters. The van der Waals surface area contributed by atoms with Crippen LogP contribution in [0.2, 0.25) is 0 Å². The molecular weight excluding hydrogens is 208 g/mol. The van der Waals surface area contributed by atoms with E-state index in [0.717, 1.165) is 19.4 Å². The predicted molar refractivity (Wildman–Crippen MR) is 60.1 cm³/mol. The average Bonchev–Trinajstić information content (AvgIpc) is 2.62. The van der Waals surface area contributed by atoms with Gasteiger partial charge in [0.05, 0.1) is 6.54 Å². The number of nitrogens with zero attached hydrogens (tertiary/aromatic N) is 1. The first-order valence-corrected chi connectivity index (χ1v) is 5.77. The second-order valence-electron chi connectivity index (χ2n) is 4.40. The van der Waals surface area contributed by atoms with Crippen molar-refractivity contribution >= 4 is 11.9 Å². The number of rotatable bonds is 5. The minimum atomic E-state index is -1.01. The summed E-state index contributed by atoms with van der Waals surface area (Å²) in [7, 11) is 0. The highest BCUT2D eigenvalue weighted by Gasteiger charge is 2.45. The highest BCUT2D eigenvalue weighted by atomic mass is 16.4. The van der Waals surface area contributed by atoms with Crippen LogP contribution >= 0.6 is 0 Å². The quantitative estimate of drug-likeness (QED) is 0.670. The van der Waals surface area contributed by atoms with Crippen LogP contribution in [-0.2, 0) is 9.59 Å². The van der Waals surface area contributed by atoms with Crippen molar-refractivity contribution in [3.63, 3.8) is 0 Å². The largest absolute Gasteiger partial charge is 0.480 e. The Balaban J connectivity index is 2.58. The molecule has 1 heterocycles. The Bertz CT molecular complexity index is 280. The number of hydrogen-bond acceptors (Lipinski definition) is 3. The third-order valence-corrected chi connectivity index (χ3v) is 3.11. The van der Waals surface area contributed by atoms with Crippen LogP contribution in [0, 0.1) is 0 Å². The van der Waals surface area contributed by atoms with E-state index in [1.54, 1.807) is 6.92 Å². The lowest BCUT2D eigenvalue weighted by Gasteiger charge is -2.31. The molecule has 92 valence electrons. The molecule has 1 aliphatic heterocycles. The number of carboxylic acids is 1. The van der Waals surface area contributed by atoms with Crippen LogP contribution in [-0.4, -0.2) is 47.1 Å². The molecule has 16 heavy (non-hydrogen) atoms. The number of carboxylic acid groups (broad SMARTS) is 1. The summed E-state index contributed by atoms with van der Waals surface area (Å²) in [5.74, 6) is -1.02. The van der Waals surface area contributed by atoms with Gasteiger partial charge < -0.3 is 15.3 Å². The Kier molecular flexibility index (Phi) is 4.29. The van der Waals surface area contributed by atoms with E-state index in [1.165, 1.54) is 4.90 Å². The number of hydrogen-bond donors (Lipinski definition) is 2. The molecule has 0 spiro atoms. The Morgan fingerprint density at radius 2 is 2.19 bits per heavy atom. The zero-order valence-corrected chi connectivity index (χ0v) is 9.95. The molecule has 0 bridgehead atoms. The maximum Gasteiger partial charge on any atom is 0.329 e. The Morgan fingerprint density at radius 3 is 2.75 bits per heavy atom. The molecule has 1 saturated heterocycles. The second-order valence-corrected chi connectivity index (χ2v) is 4.40. The van der Waals surface area contributed by atoms with Gasteiger partial charge in [0.25, 0.3) is 0 Å². The summed E-state index contributed by atoms with van der Waals surface area (Å²) >= 11 is 0. The monoisotopic (exact) mass is 228 g/mol. The molecular formula is C11H20N2O3. The Morgan fingerprint density at radius 1 is 1.50 bits per heavy atom. The van der Waals surface area contributed by atoms with E-state index >= 15 is 0 Å². The van der Waals surface area contributed by atoms with Gasteiger partial charge in [0, 0.05) is 6.54 Å². The molecule has 1 fully saturated rings. The summed E-state index contributed by atoms with van der Waals surface area (Å²) in [4.78, 5) is 24.5. The minimum absolute atomic E-state index is 0.115. The summed E-state index contributed by atoms with van der Waals surface area (Å²) < 4.78 is 0. The van der Waals surface area contributed by atoms with Crippen LogP contribution in [0.25, 0.3) is 0 Å². The van der Waals surface area contributed by atoms with Gasteiger partial charge in [-0.2, -0.15) is 0 Å². The maximum absolute atomic E-state index is 11.8. The second kappa shape index (κ2) is 5.30. The highest BCUT2D eigenvalue weighted by molar-refractivity contribution is 5.88. The molecule has 1 rings (SSSR count). The fourth-order valence-corrected chi connectivity index (χ4v) is 2.05. The number of amides is 1. The van der Waals surface area contributed by atoms with E-state index in [9.17, 15) is 9.59 Å². The average molecular weight is 228 g/mol. The number of nitrogens with one attached hydrogen (secondary N) is 1. The number of carbonyl (C=O) groups excluding carboxylic acids is 1. The van der Waals surface area contributed by atoms with Gasteiger partial charge in [0.2, 0.25) is 5.91 Å². The first-order chi connectivity index (χ1) is 7.52. The summed E-state index contributed by atoms with van der Waals surface area (Å²) in [6.07, 6.45) is 2.27. The molecule has 5 nitrogen and oxygen atoms in total. The minimum Gasteiger partial charge on any atom is -0.480 e. The van der Waals surface area contributed by atoms with Gasteiger partial charge in [-0.15, -0.1) is 0 Å². The van der Waals surface area contributed by atoms with Gasteiger partial charge in [0.15, 0.2) is 0 Å². The molecule has 0 radical (unpaired) electrons. The van der Waals surface area contributed by atoms with E-state index < -0.39 is 11.5 Å². The summed E-state index contributed by atoms with van der Waals surface area (Å²) in [6.45, 7) is 5.21. The van der Waals surface area contributed by atoms with Gasteiger partial charge in [-0.3, -0.25) is 4.79 Å². The topological polar surface area (TPSA) is 69.6 Å². The fourth-order valence-electron chi connectivity index (χ4n) is 2.05. The van der Waals surface area contributed by atoms with Crippen molar-refractivity contribution in [3.05, 3.63) is 0 Å². The smallest absolute Gasteiger partial charge is 0.329 e. The normalized spacial score (nSPS) is 24.8. The Hall–Kier alpha value is -1.10. The first kappa shape index (κ1) is 13.0. The van der Waals surface area contributed by atoms with Crippen molar-refractivity contribution in [3.8, 4) is 0 Å². The van der Waals surface area contributed by atoms with Crippen LogP contribution in [0.5, 0.6) is 0 Å². The van der Waals surface area contributed by atoms with Gasteiger partial charge in [-0.1, -0.05) is 6.92 Å². The van der Waals surface area contributed by atoms with Gasteiger partial charge in [0.1, 0.15) is 5.54 Å². The van der Waals surface area contributed by atoms with Crippen LogP contribution in [0.1, 0.15) is 33.1 Å². The summed E-state index contributed by atoms with van der Waals surface area (Å²) in [6, 6.07) is 0. The molecule has 0 saturated carbocycles. The van der Waals surface area contributed by atoms with Crippen molar-refractivity contribution in [1.29, 1.82) is 0 Å². The Labute approximate surface area is 95.8 Å². The van der Waals surface area contributed by atoms with Crippen LogP contribution in [0.4, 0.5) is 0 Å². The van der Waals surface area contributed by atoms with Gasteiger partial charge >= 0.3 is 5.97 Å². The summed E-state index contributed by atoms with van der Waals surface area (Å²) in [5.41, 5.74) is -1.01. The first-order valence-electron chi connectivity index (χ1n) is 5.77. The lowest BCUT2D eigenvalue weighted by Crippen LogP contribution is -2.53. The van der Waals surface area contributed by atoms with Crippen LogP contribution in [0.3, 0.4) is 0 Å². The number of aliphatic carboxylic acids is 1. The van der Waals surface area contributed by atoms with Crippen LogP contribution in [0.15, 0.2) is 0 Å². The van der Waals surface area contributed by atoms with E-state index in [4.69, 9.17) is 5.11 Å². The molecule has 5 heteroatoms. The van der Waals surface area contributed by atoms with Crippen molar-refractivity contribution in [2.24, 2.45) is 0 Å². The van der Waals surface area contributed by atoms with Gasteiger partial charge in [-0.25, -0.2) is 4.79 Å². The molecule has 1 amide bonds. The maximum atomic E-state index is 11.8. The molecule has 2 N–H and O–H groups in total. The molecule has 0 aromatic heterocycles. The lowest BCUT2D eigenvalue weighted by atomic mass is 9.99. The fraction of sp³-hybridized carbons (Fsp3) is 0.818. The third-order valence-electron chi connectivity index (χ3n) is 3.11.